The first kappa shape index (κ1) is 9.45. The van der Waals surface area contributed by atoms with Gasteiger partial charge in [-0.05, 0) is 19.3 Å². The van der Waals surface area contributed by atoms with E-state index in [1.54, 1.807) is 0 Å². The van der Waals surface area contributed by atoms with Crippen LogP contribution in [0.5, 0.6) is 0 Å². The molecule has 0 saturated carbocycles. The van der Waals surface area contributed by atoms with Crippen molar-refractivity contribution in [2.24, 2.45) is 5.92 Å². The first-order valence-corrected chi connectivity index (χ1v) is 6.15. The van der Waals surface area contributed by atoms with Gasteiger partial charge in [-0.2, -0.15) is 0 Å². The number of rotatable bonds is 7. The predicted molar refractivity (Wildman–Crippen MR) is 54.7 cm³/mol. The number of hydrogen-bond donors (Lipinski definition) is 0. The Morgan fingerprint density at radius 2 is 1.94 bits per heavy atom. The molecule has 4 heteroatoms. The Hall–Kier alpha value is -0.580. The van der Waals surface area contributed by atoms with E-state index >= 15 is 0 Å². The Labute approximate surface area is 94.5 Å². The maximum Gasteiger partial charge on any atom is 0.144 e. The second-order valence-corrected chi connectivity index (χ2v) is 5.11. The van der Waals surface area contributed by atoms with Crippen LogP contribution in [0.15, 0.2) is 12.0 Å². The highest BCUT2D eigenvalue weighted by molar-refractivity contribution is 5.15. The van der Waals surface area contributed by atoms with E-state index < -0.39 is 0 Å². The number of epoxide rings is 3. The summed E-state index contributed by atoms with van der Waals surface area (Å²) in [5, 5.41) is 0. The minimum absolute atomic E-state index is 0.372. The Bertz CT molecular complexity index is 319. The highest BCUT2D eigenvalue weighted by atomic mass is 16.6. The highest BCUT2D eigenvalue weighted by Gasteiger charge is 2.50. The molecule has 4 aliphatic rings. The summed E-state index contributed by atoms with van der Waals surface area (Å²) in [7, 11) is 0. The van der Waals surface area contributed by atoms with Crippen LogP contribution in [0.2, 0.25) is 0 Å². The van der Waals surface area contributed by atoms with Crippen molar-refractivity contribution in [3.05, 3.63) is 12.0 Å². The lowest BCUT2D eigenvalue weighted by molar-refractivity contribution is 0.276. The minimum Gasteiger partial charge on any atom is -0.462 e. The minimum atomic E-state index is 0.372. The van der Waals surface area contributed by atoms with Gasteiger partial charge in [-0.1, -0.05) is 0 Å². The van der Waals surface area contributed by atoms with Crippen LogP contribution in [0.3, 0.4) is 0 Å². The standard InChI is InChI=1S/C12H16O4/c1(7-4-13-7)2-10-12(16-10)9(11-6-15-11)3-8-5-14-8/h6-10,12H,1-5H2. The molecular formula is C12H16O4. The molecule has 3 fully saturated rings. The van der Waals surface area contributed by atoms with Crippen LogP contribution in [0.4, 0.5) is 0 Å². The molecule has 4 nitrogen and oxygen atoms in total. The molecular weight excluding hydrogens is 208 g/mol. The molecule has 4 aliphatic heterocycles. The van der Waals surface area contributed by atoms with E-state index in [2.05, 4.69) is 0 Å². The van der Waals surface area contributed by atoms with Gasteiger partial charge in [0.15, 0.2) is 0 Å². The fraction of sp³-hybridized carbons (Fsp3) is 0.833. The fourth-order valence-electron chi connectivity index (χ4n) is 2.44. The lowest BCUT2D eigenvalue weighted by Gasteiger charge is -2.06. The Morgan fingerprint density at radius 1 is 1.19 bits per heavy atom. The molecule has 0 radical (unpaired) electrons. The molecule has 3 saturated heterocycles. The second kappa shape index (κ2) is 3.45. The van der Waals surface area contributed by atoms with Crippen LogP contribution >= 0.6 is 0 Å². The quantitative estimate of drug-likeness (QED) is 0.610. The molecule has 0 spiro atoms. The molecule has 88 valence electrons. The van der Waals surface area contributed by atoms with E-state index in [0.717, 1.165) is 38.2 Å². The molecule has 4 heterocycles. The van der Waals surface area contributed by atoms with Gasteiger partial charge in [0.05, 0.1) is 43.5 Å². The molecule has 0 aromatic heterocycles. The highest BCUT2D eigenvalue weighted by Crippen LogP contribution is 2.44. The van der Waals surface area contributed by atoms with Gasteiger partial charge < -0.3 is 18.9 Å². The summed E-state index contributed by atoms with van der Waals surface area (Å²) in [5.41, 5.74) is 0. The molecule has 0 aromatic carbocycles. The average Bonchev–Trinajstić information content (AvgIpc) is 3.16. The first-order chi connectivity index (χ1) is 7.90. The van der Waals surface area contributed by atoms with E-state index in [1.165, 1.54) is 0 Å². The molecule has 4 rings (SSSR count). The van der Waals surface area contributed by atoms with Gasteiger partial charge in [0, 0.05) is 0 Å². The molecule has 0 N–H and O–H groups in total. The lowest BCUT2D eigenvalue weighted by Crippen LogP contribution is -2.13. The molecule has 16 heavy (non-hydrogen) atoms. The first-order valence-electron chi connectivity index (χ1n) is 6.15. The zero-order valence-corrected chi connectivity index (χ0v) is 9.13. The summed E-state index contributed by atoms with van der Waals surface area (Å²) in [6, 6.07) is 0. The topological polar surface area (TPSA) is 50.1 Å². The van der Waals surface area contributed by atoms with Gasteiger partial charge in [0.25, 0.3) is 0 Å². The number of hydrogen-bond acceptors (Lipinski definition) is 4. The van der Waals surface area contributed by atoms with Crippen LogP contribution in [0, 0.1) is 5.92 Å². The van der Waals surface area contributed by atoms with Gasteiger partial charge in [-0.3, -0.25) is 0 Å². The van der Waals surface area contributed by atoms with Gasteiger partial charge in [0.2, 0.25) is 0 Å². The van der Waals surface area contributed by atoms with Crippen molar-refractivity contribution in [3.63, 3.8) is 0 Å². The lowest BCUT2D eigenvalue weighted by atomic mass is 9.95. The molecule has 5 unspecified atom stereocenters. The Balaban J connectivity index is 1.28. The van der Waals surface area contributed by atoms with Gasteiger partial charge in [-0.15, -0.1) is 0 Å². The fourth-order valence-corrected chi connectivity index (χ4v) is 2.44. The zero-order valence-electron chi connectivity index (χ0n) is 9.13. The van der Waals surface area contributed by atoms with Crippen molar-refractivity contribution >= 4 is 0 Å². The molecule has 0 aliphatic carbocycles. The predicted octanol–water partition coefficient (Wildman–Crippen LogP) is 1.21. The summed E-state index contributed by atoms with van der Waals surface area (Å²) in [5.74, 6) is 1.56. The van der Waals surface area contributed by atoms with Crippen molar-refractivity contribution in [1.82, 2.24) is 0 Å². The van der Waals surface area contributed by atoms with E-state index in [-0.39, 0.29) is 0 Å². The van der Waals surface area contributed by atoms with E-state index in [9.17, 15) is 0 Å². The Morgan fingerprint density at radius 3 is 2.56 bits per heavy atom. The molecule has 0 aromatic rings. The third kappa shape index (κ3) is 2.10. The van der Waals surface area contributed by atoms with E-state index in [4.69, 9.17) is 18.9 Å². The van der Waals surface area contributed by atoms with E-state index in [0.29, 0.717) is 30.3 Å². The summed E-state index contributed by atoms with van der Waals surface area (Å²) in [6.45, 7) is 1.86. The second-order valence-electron chi connectivity index (χ2n) is 5.11. The maximum atomic E-state index is 5.76. The SMILES string of the molecule is C1=C(C(CC2CO2)C2OC2CCC2CO2)O1. The molecule has 0 bridgehead atoms. The van der Waals surface area contributed by atoms with Gasteiger partial charge >= 0.3 is 0 Å². The third-order valence-corrected chi connectivity index (χ3v) is 3.73. The van der Waals surface area contributed by atoms with Crippen LogP contribution in [0.25, 0.3) is 0 Å². The van der Waals surface area contributed by atoms with Crippen LogP contribution in [-0.4, -0.2) is 37.6 Å². The summed E-state index contributed by atoms with van der Waals surface area (Å²) in [4.78, 5) is 0. The monoisotopic (exact) mass is 224 g/mol. The average molecular weight is 224 g/mol. The van der Waals surface area contributed by atoms with Crippen LogP contribution < -0.4 is 0 Å². The summed E-state index contributed by atoms with van der Waals surface area (Å²) in [6.07, 6.45) is 6.95. The van der Waals surface area contributed by atoms with Gasteiger partial charge in [0.1, 0.15) is 12.0 Å². The van der Waals surface area contributed by atoms with Crippen molar-refractivity contribution in [1.29, 1.82) is 0 Å². The smallest absolute Gasteiger partial charge is 0.144 e. The van der Waals surface area contributed by atoms with E-state index in [1.807, 2.05) is 6.26 Å². The van der Waals surface area contributed by atoms with Crippen molar-refractivity contribution in [2.45, 2.75) is 43.7 Å². The Kier molecular flexibility index (Phi) is 2.04. The maximum absolute atomic E-state index is 5.76. The van der Waals surface area contributed by atoms with Crippen molar-refractivity contribution < 1.29 is 18.9 Å². The largest absolute Gasteiger partial charge is 0.462 e. The normalized spacial score (nSPS) is 44.4. The third-order valence-electron chi connectivity index (χ3n) is 3.73. The van der Waals surface area contributed by atoms with Crippen molar-refractivity contribution in [3.8, 4) is 0 Å². The van der Waals surface area contributed by atoms with Crippen molar-refractivity contribution in [2.75, 3.05) is 13.2 Å². The molecule has 5 atom stereocenters. The molecule has 0 amide bonds. The van der Waals surface area contributed by atoms with Gasteiger partial charge in [-0.25, -0.2) is 0 Å². The zero-order chi connectivity index (χ0) is 10.5. The summed E-state index contributed by atoms with van der Waals surface area (Å²) >= 11 is 0. The van der Waals surface area contributed by atoms with Crippen LogP contribution in [-0.2, 0) is 18.9 Å². The number of ether oxygens (including phenoxy) is 4. The summed E-state index contributed by atoms with van der Waals surface area (Å²) < 4.78 is 21.5. The van der Waals surface area contributed by atoms with Crippen LogP contribution in [0.1, 0.15) is 19.3 Å².